The fourth-order valence-electron chi connectivity index (χ4n) is 2.01. The predicted octanol–water partition coefficient (Wildman–Crippen LogP) is -0.469. The van der Waals surface area contributed by atoms with Crippen LogP contribution in [0.2, 0.25) is 0 Å². The minimum atomic E-state index is -1.44. The number of hydrogen-bond acceptors (Lipinski definition) is 5. The van der Waals surface area contributed by atoms with Crippen LogP contribution in [0.3, 0.4) is 0 Å². The van der Waals surface area contributed by atoms with Crippen molar-refractivity contribution in [2.75, 3.05) is 5.75 Å². The largest absolute Gasteiger partial charge is 0.790 e. The summed E-state index contributed by atoms with van der Waals surface area (Å²) in [5, 5.41) is 15.8. The minimum absolute atomic E-state index is 0.204. The molecule has 0 unspecified atom stereocenters. The van der Waals surface area contributed by atoms with Crippen molar-refractivity contribution in [1.29, 1.82) is 0 Å². The predicted molar refractivity (Wildman–Crippen MR) is 86.4 cm³/mol. The third-order valence-corrected chi connectivity index (χ3v) is 3.73. The Morgan fingerprint density at radius 1 is 1.17 bits per heavy atom. The lowest BCUT2D eigenvalue weighted by molar-refractivity contribution is -0.307. The maximum absolute atomic E-state index is 12.3. The Morgan fingerprint density at radius 3 is 2.26 bits per heavy atom. The molecule has 0 heterocycles. The number of amides is 2. The Bertz CT molecular complexity index is 589. The second-order valence-corrected chi connectivity index (χ2v) is 5.89. The van der Waals surface area contributed by atoms with Crippen LogP contribution in [0.15, 0.2) is 24.3 Å². The van der Waals surface area contributed by atoms with Gasteiger partial charge in [0.2, 0.25) is 5.91 Å². The molecule has 1 aromatic carbocycles. The standard InChI is InChI=1S/C16H22N2O4S/c1-9(2)13(15(20)17-12(8-23)16(21)22)18-14(19)11-7-5-4-6-10(11)3/h4-7,9,12-13,23H,8H2,1-3H3,(H,17,20)(H,18,19)(H,21,22)/p-2/t12-,13+/m0/s1. The van der Waals surface area contributed by atoms with Gasteiger partial charge < -0.3 is 33.2 Å². The zero-order chi connectivity index (χ0) is 17.6. The zero-order valence-electron chi connectivity index (χ0n) is 13.3. The van der Waals surface area contributed by atoms with Gasteiger partial charge in [0.15, 0.2) is 0 Å². The summed E-state index contributed by atoms with van der Waals surface area (Å²) in [5.74, 6) is -2.86. The van der Waals surface area contributed by atoms with Crippen LogP contribution in [0.5, 0.6) is 0 Å². The van der Waals surface area contributed by atoms with Crippen molar-refractivity contribution in [2.24, 2.45) is 5.92 Å². The van der Waals surface area contributed by atoms with E-state index >= 15 is 0 Å². The van der Waals surface area contributed by atoms with Crippen molar-refractivity contribution in [3.8, 4) is 0 Å². The highest BCUT2D eigenvalue weighted by atomic mass is 32.1. The van der Waals surface area contributed by atoms with Crippen LogP contribution in [0, 0.1) is 12.8 Å². The van der Waals surface area contributed by atoms with Gasteiger partial charge in [0, 0.05) is 11.6 Å². The Labute approximate surface area is 141 Å². The lowest BCUT2D eigenvalue weighted by atomic mass is 10.0. The van der Waals surface area contributed by atoms with E-state index in [-0.39, 0.29) is 17.6 Å². The molecule has 7 heteroatoms. The molecular weight excluding hydrogens is 316 g/mol. The second-order valence-electron chi connectivity index (χ2n) is 5.56. The van der Waals surface area contributed by atoms with E-state index < -0.39 is 24.0 Å². The van der Waals surface area contributed by atoms with E-state index in [4.69, 9.17) is 0 Å². The number of carbonyl (C=O) groups excluding carboxylic acids is 3. The quantitative estimate of drug-likeness (QED) is 0.656. The van der Waals surface area contributed by atoms with Gasteiger partial charge in [0.25, 0.3) is 5.91 Å². The zero-order valence-corrected chi connectivity index (χ0v) is 14.1. The van der Waals surface area contributed by atoms with Gasteiger partial charge in [-0.15, -0.1) is 0 Å². The number of hydrogen-bond donors (Lipinski definition) is 2. The van der Waals surface area contributed by atoms with E-state index in [1.165, 1.54) is 0 Å². The van der Waals surface area contributed by atoms with Crippen molar-refractivity contribution >= 4 is 30.4 Å². The highest BCUT2D eigenvalue weighted by molar-refractivity contribution is 7.58. The Balaban J connectivity index is 2.87. The van der Waals surface area contributed by atoms with Crippen molar-refractivity contribution in [3.63, 3.8) is 0 Å². The third-order valence-electron chi connectivity index (χ3n) is 3.39. The number of aryl methyl sites for hydroxylation is 1. The average Bonchev–Trinajstić information content (AvgIpc) is 2.49. The number of carboxylic acids is 1. The van der Waals surface area contributed by atoms with Crippen molar-refractivity contribution < 1.29 is 19.5 Å². The molecule has 0 fully saturated rings. The molecule has 0 saturated carbocycles. The van der Waals surface area contributed by atoms with Crippen molar-refractivity contribution in [3.05, 3.63) is 35.4 Å². The molecule has 6 nitrogen and oxygen atoms in total. The fraction of sp³-hybridized carbons (Fsp3) is 0.438. The summed E-state index contributed by atoms with van der Waals surface area (Å²) in [4.78, 5) is 35.4. The van der Waals surface area contributed by atoms with E-state index in [1.54, 1.807) is 39.0 Å². The minimum Gasteiger partial charge on any atom is -0.790 e. The highest BCUT2D eigenvalue weighted by Gasteiger charge is 2.26. The van der Waals surface area contributed by atoms with E-state index in [0.29, 0.717) is 5.56 Å². The highest BCUT2D eigenvalue weighted by Crippen LogP contribution is 2.09. The third kappa shape index (κ3) is 5.28. The van der Waals surface area contributed by atoms with Gasteiger partial charge >= 0.3 is 0 Å². The molecule has 0 aliphatic carbocycles. The van der Waals surface area contributed by atoms with Crippen LogP contribution < -0.4 is 15.7 Å². The van der Waals surface area contributed by atoms with Crippen LogP contribution in [-0.2, 0) is 22.2 Å². The average molecular weight is 336 g/mol. The fourth-order valence-corrected chi connectivity index (χ4v) is 2.23. The maximum Gasteiger partial charge on any atom is 0.252 e. The topological polar surface area (TPSA) is 98.3 Å². The smallest absolute Gasteiger partial charge is 0.252 e. The lowest BCUT2D eigenvalue weighted by Crippen LogP contribution is -2.56. The molecule has 0 bridgehead atoms. The number of benzene rings is 1. The van der Waals surface area contributed by atoms with Gasteiger partial charge in [-0.25, -0.2) is 0 Å². The Kier molecular flexibility index (Phi) is 7.09. The summed E-state index contributed by atoms with van der Waals surface area (Å²) in [6.45, 7) is 5.30. The molecule has 0 saturated heterocycles. The lowest BCUT2D eigenvalue weighted by Gasteiger charge is -2.27. The summed E-state index contributed by atoms with van der Waals surface area (Å²) in [6, 6.07) is 4.87. The van der Waals surface area contributed by atoms with Gasteiger partial charge in [-0.1, -0.05) is 32.0 Å². The Morgan fingerprint density at radius 2 is 1.78 bits per heavy atom. The van der Waals surface area contributed by atoms with Gasteiger partial charge in [0.1, 0.15) is 6.04 Å². The molecule has 1 rings (SSSR count). The summed E-state index contributed by atoms with van der Waals surface area (Å²) >= 11 is 4.68. The number of carboxylic acid groups (broad SMARTS) is 1. The normalized spacial score (nSPS) is 13.3. The first-order chi connectivity index (χ1) is 10.8. The van der Waals surface area contributed by atoms with Crippen LogP contribution >= 0.6 is 0 Å². The number of rotatable bonds is 7. The van der Waals surface area contributed by atoms with Crippen LogP contribution in [-0.4, -0.2) is 35.6 Å². The summed E-state index contributed by atoms with van der Waals surface area (Å²) in [5.41, 5.74) is 1.25. The maximum atomic E-state index is 12.3. The van der Waals surface area contributed by atoms with Crippen molar-refractivity contribution in [1.82, 2.24) is 10.6 Å². The summed E-state index contributed by atoms with van der Waals surface area (Å²) in [6.07, 6.45) is 0. The molecule has 2 atom stereocenters. The molecule has 0 spiro atoms. The number of nitrogens with one attached hydrogen (secondary N) is 2. The van der Waals surface area contributed by atoms with Gasteiger partial charge in [-0.3, -0.25) is 9.59 Å². The molecule has 126 valence electrons. The van der Waals surface area contributed by atoms with E-state index in [1.807, 2.05) is 6.07 Å². The number of aliphatic carboxylic acids is 1. The first kappa shape index (κ1) is 19.0. The number of carbonyl (C=O) groups is 3. The molecule has 0 radical (unpaired) electrons. The second kappa shape index (κ2) is 8.57. The van der Waals surface area contributed by atoms with E-state index in [2.05, 4.69) is 23.3 Å². The molecule has 2 amide bonds. The monoisotopic (exact) mass is 336 g/mol. The SMILES string of the molecule is Cc1ccccc1C(=O)N[C@@H](C(=O)N[C@@H](C[S-])C(=O)[O-])C(C)C. The first-order valence-electron chi connectivity index (χ1n) is 7.23. The molecule has 1 aromatic rings. The summed E-state index contributed by atoms with van der Waals surface area (Å²) < 4.78 is 0. The van der Waals surface area contributed by atoms with Gasteiger partial charge in [-0.2, -0.15) is 5.75 Å². The van der Waals surface area contributed by atoms with Crippen LogP contribution in [0.4, 0.5) is 0 Å². The van der Waals surface area contributed by atoms with Gasteiger partial charge in [-0.05, 0) is 24.5 Å². The first-order valence-corrected chi connectivity index (χ1v) is 7.81. The molecular formula is C16H20N2O4S-2. The van der Waals surface area contributed by atoms with E-state index in [0.717, 1.165) is 5.56 Å². The van der Waals surface area contributed by atoms with Gasteiger partial charge in [0.05, 0.1) is 5.97 Å². The molecule has 0 aliphatic rings. The molecule has 2 N–H and O–H groups in total. The Hall–Kier alpha value is -2.02. The molecule has 0 aromatic heterocycles. The van der Waals surface area contributed by atoms with Crippen LogP contribution in [0.1, 0.15) is 29.8 Å². The van der Waals surface area contributed by atoms with Crippen molar-refractivity contribution in [2.45, 2.75) is 32.9 Å². The van der Waals surface area contributed by atoms with E-state index in [9.17, 15) is 19.5 Å². The molecule has 23 heavy (non-hydrogen) atoms. The van der Waals surface area contributed by atoms with Crippen LogP contribution in [0.25, 0.3) is 0 Å². The molecule has 0 aliphatic heterocycles. The summed E-state index contributed by atoms with van der Waals surface area (Å²) in [7, 11) is 0.